The molecule has 0 saturated carbocycles. The monoisotopic (exact) mass is 779 g/mol. The van der Waals surface area contributed by atoms with Crippen molar-refractivity contribution in [1.82, 2.24) is 0 Å². The molecule has 4 aromatic carbocycles. The molecule has 0 fully saturated rings. The van der Waals surface area contributed by atoms with Gasteiger partial charge in [0, 0.05) is 6.07 Å². The van der Waals surface area contributed by atoms with Gasteiger partial charge in [0.15, 0.2) is 11.5 Å². The largest absolute Gasteiger partial charge is 0.493 e. The van der Waals surface area contributed by atoms with Crippen molar-refractivity contribution in [1.29, 1.82) is 0 Å². The van der Waals surface area contributed by atoms with Crippen molar-refractivity contribution in [2.45, 2.75) is 155 Å². The minimum atomic E-state index is -0.977. The number of carboxylic acid groups (broad SMARTS) is 1. The van der Waals surface area contributed by atoms with Gasteiger partial charge in [-0.3, -0.25) is 0 Å². The lowest BCUT2D eigenvalue weighted by Crippen LogP contribution is -2.04. The van der Waals surface area contributed by atoms with Crippen LogP contribution in [0.4, 0.5) is 0 Å². The molecule has 0 spiro atoms. The molecule has 0 radical (unpaired) electrons. The summed E-state index contributed by atoms with van der Waals surface area (Å²) in [6.45, 7) is 4.35. The smallest absolute Gasteiger partial charge is 0.335 e. The molecule has 0 unspecified atom stereocenters. The van der Waals surface area contributed by atoms with Gasteiger partial charge in [0.2, 0.25) is 0 Å². The van der Waals surface area contributed by atoms with Crippen LogP contribution in [0.1, 0.15) is 162 Å². The summed E-state index contributed by atoms with van der Waals surface area (Å²) in [4.78, 5) is 11.8. The Hall–Kier alpha value is -4.45. The van der Waals surface area contributed by atoms with Gasteiger partial charge in [0.25, 0.3) is 0 Å². The quantitative estimate of drug-likeness (QED) is 0.0486. The first-order valence-corrected chi connectivity index (χ1v) is 22.2. The van der Waals surface area contributed by atoms with Crippen molar-refractivity contribution in [3.05, 3.63) is 119 Å². The van der Waals surface area contributed by atoms with Crippen molar-refractivity contribution in [3.8, 4) is 23.0 Å². The first-order valence-electron chi connectivity index (χ1n) is 22.2. The second-order valence-corrected chi connectivity index (χ2v) is 15.5. The third-order valence-corrected chi connectivity index (χ3v) is 10.5. The summed E-state index contributed by atoms with van der Waals surface area (Å²) in [5.41, 5.74) is 3.56. The highest BCUT2D eigenvalue weighted by Gasteiger charge is 2.13. The van der Waals surface area contributed by atoms with E-state index in [1.54, 1.807) is 12.1 Å². The van der Waals surface area contributed by atoms with Gasteiger partial charge >= 0.3 is 5.97 Å². The summed E-state index contributed by atoms with van der Waals surface area (Å²) in [5.74, 6) is 1.70. The minimum absolute atomic E-state index is 0.190. The van der Waals surface area contributed by atoms with Crippen molar-refractivity contribution in [3.63, 3.8) is 0 Å². The Morgan fingerprint density at radius 2 is 0.930 bits per heavy atom. The van der Waals surface area contributed by atoms with Gasteiger partial charge in [-0.05, 0) is 60.6 Å². The molecule has 0 atom stereocenters. The number of carbonyl (C=O) groups is 1. The van der Waals surface area contributed by atoms with Crippen LogP contribution in [-0.2, 0) is 19.6 Å². The zero-order valence-electron chi connectivity index (χ0n) is 34.9. The zero-order valence-corrected chi connectivity index (χ0v) is 34.9. The number of benzene rings is 4. The van der Waals surface area contributed by atoms with Crippen LogP contribution in [0.15, 0.2) is 97.1 Å². The Balaban J connectivity index is 1.10. The normalized spacial score (nSPS) is 11.0. The van der Waals surface area contributed by atoms with E-state index >= 15 is 0 Å². The van der Waals surface area contributed by atoms with Gasteiger partial charge < -0.3 is 24.1 Å². The summed E-state index contributed by atoms with van der Waals surface area (Å²) in [6, 6.07) is 31.6. The first kappa shape index (κ1) is 45.3. The van der Waals surface area contributed by atoms with Crippen LogP contribution in [0, 0.1) is 0 Å². The molecule has 4 rings (SSSR count). The van der Waals surface area contributed by atoms with E-state index < -0.39 is 5.97 Å². The molecule has 0 bridgehead atoms. The fourth-order valence-corrected chi connectivity index (χ4v) is 7.16. The van der Waals surface area contributed by atoms with Crippen LogP contribution in [0.3, 0.4) is 0 Å². The molecular weight excluding hydrogens is 709 g/mol. The first-order chi connectivity index (χ1) is 28.1. The highest BCUT2D eigenvalue weighted by molar-refractivity contribution is 5.88. The lowest BCUT2D eigenvalue weighted by atomic mass is 10.0. The highest BCUT2D eigenvalue weighted by Crippen LogP contribution is 2.34. The number of rotatable bonds is 33. The Labute approximate surface area is 344 Å². The number of ether oxygens (including phenoxy) is 4. The molecule has 4 aromatic rings. The molecule has 0 saturated heterocycles. The predicted octanol–water partition coefficient (Wildman–Crippen LogP) is 14.4. The zero-order chi connectivity index (χ0) is 40.0. The van der Waals surface area contributed by atoms with Crippen LogP contribution in [-0.4, -0.2) is 24.3 Å². The SMILES string of the molecule is CCCCCCCCCCCCCCCCCCOc1cc(OCCCCCCc2cccc(OCc3ccccc3)c2OCc2ccccc2)cc(C(=O)O)c1. The Morgan fingerprint density at radius 1 is 0.474 bits per heavy atom. The van der Waals surface area contributed by atoms with E-state index in [9.17, 15) is 9.90 Å². The highest BCUT2D eigenvalue weighted by atomic mass is 16.5. The van der Waals surface area contributed by atoms with Gasteiger partial charge in [-0.15, -0.1) is 0 Å². The Morgan fingerprint density at radius 3 is 1.42 bits per heavy atom. The molecular formula is C51H70O6. The van der Waals surface area contributed by atoms with Gasteiger partial charge in [-0.1, -0.05) is 189 Å². The molecule has 6 heteroatoms. The number of unbranched alkanes of at least 4 members (excludes halogenated alkanes) is 18. The molecule has 1 N–H and O–H groups in total. The molecule has 0 aromatic heterocycles. The Bertz CT molecular complexity index is 1620. The summed E-state index contributed by atoms with van der Waals surface area (Å²) in [6.07, 6.45) is 26.1. The topological polar surface area (TPSA) is 74.2 Å². The number of carboxylic acids is 1. The van der Waals surface area contributed by atoms with Crippen LogP contribution >= 0.6 is 0 Å². The number of aromatic carboxylic acids is 1. The third-order valence-electron chi connectivity index (χ3n) is 10.5. The molecule has 310 valence electrons. The standard InChI is InChI=1S/C51H70O6/c1-2-3-4-5-6-7-8-9-10-11-12-13-14-15-17-26-36-54-47-38-46(51(52)53)39-48(40-47)55-37-27-18-16-25-33-45-34-28-35-49(56-41-43-29-21-19-22-30-43)50(45)57-42-44-31-23-20-24-32-44/h19-24,28-32,34-35,38-40H,2-18,25-27,33,36-37,41-42H2,1H3,(H,52,53). The average molecular weight is 779 g/mol. The number of hydrogen-bond acceptors (Lipinski definition) is 5. The summed E-state index contributed by atoms with van der Waals surface area (Å²) >= 11 is 0. The van der Waals surface area contributed by atoms with Crippen molar-refractivity contribution < 1.29 is 28.8 Å². The van der Waals surface area contributed by atoms with E-state index in [0.717, 1.165) is 73.1 Å². The molecule has 0 heterocycles. The van der Waals surface area contributed by atoms with Crippen molar-refractivity contribution >= 4 is 5.97 Å². The van der Waals surface area contributed by atoms with E-state index in [-0.39, 0.29) is 5.56 Å². The maximum Gasteiger partial charge on any atom is 0.335 e. The predicted molar refractivity (Wildman–Crippen MR) is 234 cm³/mol. The van der Waals surface area contributed by atoms with Crippen molar-refractivity contribution in [2.24, 2.45) is 0 Å². The van der Waals surface area contributed by atoms with Gasteiger partial charge in [-0.2, -0.15) is 0 Å². The maximum atomic E-state index is 11.8. The second kappa shape index (κ2) is 28.9. The third kappa shape index (κ3) is 19.5. The van der Waals surface area contributed by atoms with E-state index in [1.165, 1.54) is 89.9 Å². The number of aryl methyl sites for hydroxylation is 1. The van der Waals surface area contributed by atoms with Crippen molar-refractivity contribution in [2.75, 3.05) is 13.2 Å². The molecule has 0 amide bonds. The average Bonchev–Trinajstić information content (AvgIpc) is 3.24. The fraction of sp³-hybridized carbons (Fsp3) is 0.510. The van der Waals surface area contributed by atoms with Crippen LogP contribution in [0.5, 0.6) is 23.0 Å². The van der Waals surface area contributed by atoms with Crippen LogP contribution in [0.2, 0.25) is 0 Å². The molecule has 6 nitrogen and oxygen atoms in total. The van der Waals surface area contributed by atoms with E-state index in [2.05, 4.69) is 37.3 Å². The molecule has 0 aliphatic rings. The molecule has 0 aliphatic carbocycles. The lowest BCUT2D eigenvalue weighted by molar-refractivity contribution is 0.0695. The minimum Gasteiger partial charge on any atom is -0.493 e. The number of hydrogen-bond donors (Lipinski definition) is 1. The lowest BCUT2D eigenvalue weighted by Gasteiger charge is -2.17. The van der Waals surface area contributed by atoms with E-state index in [4.69, 9.17) is 18.9 Å². The fourth-order valence-electron chi connectivity index (χ4n) is 7.16. The molecule has 57 heavy (non-hydrogen) atoms. The van der Waals surface area contributed by atoms with Crippen LogP contribution < -0.4 is 18.9 Å². The second-order valence-electron chi connectivity index (χ2n) is 15.5. The van der Waals surface area contributed by atoms with E-state index in [1.807, 2.05) is 54.6 Å². The summed E-state index contributed by atoms with van der Waals surface area (Å²) in [7, 11) is 0. The van der Waals surface area contributed by atoms with Crippen LogP contribution in [0.25, 0.3) is 0 Å². The van der Waals surface area contributed by atoms with Gasteiger partial charge in [0.05, 0.1) is 18.8 Å². The van der Waals surface area contributed by atoms with Gasteiger partial charge in [-0.25, -0.2) is 4.79 Å². The maximum absolute atomic E-state index is 11.8. The number of para-hydroxylation sites is 1. The Kier molecular flexibility index (Phi) is 22.9. The van der Waals surface area contributed by atoms with Gasteiger partial charge in [0.1, 0.15) is 24.7 Å². The van der Waals surface area contributed by atoms with E-state index in [0.29, 0.717) is 37.9 Å². The summed E-state index contributed by atoms with van der Waals surface area (Å²) in [5, 5.41) is 9.70. The molecule has 0 aliphatic heterocycles. The summed E-state index contributed by atoms with van der Waals surface area (Å²) < 4.78 is 24.7.